The average Bonchev–Trinajstić information content (AvgIpc) is 2.96. The Kier molecular flexibility index (Phi) is 5.31. The summed E-state index contributed by atoms with van der Waals surface area (Å²) in [5.74, 6) is 0.0258. The van der Waals surface area contributed by atoms with Gasteiger partial charge in [-0.1, -0.05) is 24.3 Å². The van der Waals surface area contributed by atoms with E-state index in [1.54, 1.807) is 30.3 Å². The maximum absolute atomic E-state index is 12.7. The number of carbonyl (C=O) groups is 1. The van der Waals surface area contributed by atoms with Crippen LogP contribution < -0.4 is 9.64 Å². The third kappa shape index (κ3) is 4.36. The zero-order valence-electron chi connectivity index (χ0n) is 14.5. The Morgan fingerprint density at radius 1 is 1.11 bits per heavy atom. The lowest BCUT2D eigenvalue weighted by atomic mass is 10.2. The molecule has 0 bridgehead atoms. The van der Waals surface area contributed by atoms with Crippen molar-refractivity contribution < 1.29 is 26.7 Å². The van der Waals surface area contributed by atoms with Gasteiger partial charge in [0.2, 0.25) is 0 Å². The van der Waals surface area contributed by atoms with Gasteiger partial charge in [-0.3, -0.25) is 4.90 Å². The number of anilines is 1. The molecule has 9 heteroatoms. The summed E-state index contributed by atoms with van der Waals surface area (Å²) in [7, 11) is -3.39. The molecule has 0 atom stereocenters. The topological polar surface area (TPSA) is 66.9 Å². The molecule has 0 spiro atoms. The van der Waals surface area contributed by atoms with E-state index >= 15 is 0 Å². The lowest BCUT2D eigenvalue weighted by Gasteiger charge is -2.20. The summed E-state index contributed by atoms with van der Waals surface area (Å²) >= 11 is 0. The number of carbonyl (C=O) groups excluding carboxylic acids is 1. The van der Waals surface area contributed by atoms with E-state index in [9.17, 15) is 22.0 Å². The smallest absolute Gasteiger partial charge is 0.387 e. The van der Waals surface area contributed by atoms with Gasteiger partial charge in [0.15, 0.2) is 9.84 Å². The molecule has 0 aliphatic carbocycles. The molecule has 0 N–H and O–H groups in total. The normalized spacial score (nSPS) is 14.9. The van der Waals surface area contributed by atoms with Gasteiger partial charge in [-0.05, 0) is 24.3 Å². The molecule has 0 aromatic heterocycles. The molecule has 3 rings (SSSR count). The Bertz CT molecular complexity index is 950. The fourth-order valence-corrected chi connectivity index (χ4v) is 3.56. The number of urea groups is 1. The molecule has 1 heterocycles. The first-order chi connectivity index (χ1) is 12.8. The number of nitrogens with zero attached hydrogens (tertiary/aromatic N) is 2. The maximum atomic E-state index is 12.7. The number of hydrogen-bond donors (Lipinski definition) is 0. The summed E-state index contributed by atoms with van der Waals surface area (Å²) in [5, 5.41) is 0. The summed E-state index contributed by atoms with van der Waals surface area (Å²) in [5.41, 5.74) is 0.945. The van der Waals surface area contributed by atoms with Crippen LogP contribution in [-0.2, 0) is 16.4 Å². The van der Waals surface area contributed by atoms with Crippen molar-refractivity contribution in [2.45, 2.75) is 18.1 Å². The number of amides is 2. The number of alkyl halides is 2. The minimum Gasteiger partial charge on any atom is -0.434 e. The molecule has 1 aliphatic rings. The Balaban J connectivity index is 1.79. The van der Waals surface area contributed by atoms with Crippen LogP contribution in [0.25, 0.3) is 0 Å². The fourth-order valence-electron chi connectivity index (χ4n) is 2.90. The average molecular weight is 396 g/mol. The van der Waals surface area contributed by atoms with Crippen molar-refractivity contribution in [1.29, 1.82) is 0 Å². The predicted octanol–water partition coefficient (Wildman–Crippen LogP) is 3.13. The molecule has 2 aromatic rings. The molecule has 0 unspecified atom stereocenters. The van der Waals surface area contributed by atoms with Crippen molar-refractivity contribution in [3.05, 3.63) is 54.1 Å². The van der Waals surface area contributed by atoms with E-state index in [0.717, 1.165) is 6.26 Å². The van der Waals surface area contributed by atoms with Crippen LogP contribution in [0.2, 0.25) is 0 Å². The summed E-state index contributed by atoms with van der Waals surface area (Å²) in [6.45, 7) is -2.09. The van der Waals surface area contributed by atoms with Gasteiger partial charge in [0.1, 0.15) is 5.75 Å². The van der Waals surface area contributed by atoms with Crippen LogP contribution in [0.3, 0.4) is 0 Å². The third-order valence-corrected chi connectivity index (χ3v) is 5.31. The maximum Gasteiger partial charge on any atom is 0.387 e. The lowest BCUT2D eigenvalue weighted by molar-refractivity contribution is -0.0506. The Hall–Kier alpha value is -2.68. The van der Waals surface area contributed by atoms with Gasteiger partial charge in [-0.2, -0.15) is 8.78 Å². The van der Waals surface area contributed by atoms with Gasteiger partial charge < -0.3 is 9.64 Å². The van der Waals surface area contributed by atoms with Crippen LogP contribution in [-0.4, -0.2) is 45.3 Å². The van der Waals surface area contributed by atoms with Gasteiger partial charge >= 0.3 is 12.6 Å². The van der Waals surface area contributed by atoms with Crippen molar-refractivity contribution in [3.8, 4) is 5.75 Å². The van der Waals surface area contributed by atoms with E-state index in [4.69, 9.17) is 0 Å². The summed E-state index contributed by atoms with van der Waals surface area (Å²) < 4.78 is 53.0. The molecular weight excluding hydrogens is 378 g/mol. The van der Waals surface area contributed by atoms with Crippen LogP contribution in [0.1, 0.15) is 5.56 Å². The molecule has 1 aliphatic heterocycles. The SMILES string of the molecule is CS(=O)(=O)c1cccc(N2CCN(Cc3ccccc3OC(F)F)C2=O)c1. The first-order valence-corrected chi connectivity index (χ1v) is 10.0. The molecule has 1 fully saturated rings. The molecule has 0 radical (unpaired) electrons. The molecule has 2 amide bonds. The van der Waals surface area contributed by atoms with E-state index in [1.165, 1.54) is 28.0 Å². The van der Waals surface area contributed by atoms with Gasteiger partial charge in [0.05, 0.1) is 11.4 Å². The van der Waals surface area contributed by atoms with E-state index < -0.39 is 16.4 Å². The highest BCUT2D eigenvalue weighted by molar-refractivity contribution is 7.90. The largest absolute Gasteiger partial charge is 0.434 e. The molecule has 27 heavy (non-hydrogen) atoms. The highest BCUT2D eigenvalue weighted by Crippen LogP contribution is 2.27. The van der Waals surface area contributed by atoms with Gasteiger partial charge in [-0.25, -0.2) is 13.2 Å². The molecule has 6 nitrogen and oxygen atoms in total. The van der Waals surface area contributed by atoms with Crippen molar-refractivity contribution in [1.82, 2.24) is 4.90 Å². The minimum absolute atomic E-state index is 0.0258. The fraction of sp³-hybridized carbons (Fsp3) is 0.278. The van der Waals surface area contributed by atoms with Crippen LogP contribution >= 0.6 is 0 Å². The number of sulfone groups is 1. The highest BCUT2D eigenvalue weighted by Gasteiger charge is 2.30. The standard InChI is InChI=1S/C18H18F2N2O4S/c1-27(24,25)15-7-4-6-14(11-15)22-10-9-21(18(22)23)12-13-5-2-3-8-16(13)26-17(19)20/h2-8,11,17H,9-10,12H2,1H3. The Labute approximate surface area is 155 Å². The monoisotopic (exact) mass is 396 g/mol. The van der Waals surface area contributed by atoms with E-state index in [1.807, 2.05) is 0 Å². The van der Waals surface area contributed by atoms with E-state index in [0.29, 0.717) is 24.3 Å². The second-order valence-electron chi connectivity index (χ2n) is 6.11. The van der Waals surface area contributed by atoms with E-state index in [-0.39, 0.29) is 23.2 Å². The summed E-state index contributed by atoms with van der Waals surface area (Å²) in [4.78, 5) is 15.8. The molecule has 0 saturated carbocycles. The number of ether oxygens (including phenoxy) is 1. The highest BCUT2D eigenvalue weighted by atomic mass is 32.2. The van der Waals surface area contributed by atoms with Crippen molar-refractivity contribution in [3.63, 3.8) is 0 Å². The lowest BCUT2D eigenvalue weighted by Crippen LogP contribution is -2.31. The van der Waals surface area contributed by atoms with Crippen molar-refractivity contribution in [2.75, 3.05) is 24.2 Å². The van der Waals surface area contributed by atoms with Gasteiger partial charge in [-0.15, -0.1) is 0 Å². The quantitative estimate of drug-likeness (QED) is 0.752. The zero-order chi connectivity index (χ0) is 19.6. The number of halogens is 2. The second kappa shape index (κ2) is 7.51. The molecule has 2 aromatic carbocycles. The third-order valence-electron chi connectivity index (χ3n) is 4.20. The number of hydrogen-bond acceptors (Lipinski definition) is 4. The summed E-state index contributed by atoms with van der Waals surface area (Å²) in [6.07, 6.45) is 1.10. The summed E-state index contributed by atoms with van der Waals surface area (Å²) in [6, 6.07) is 12.1. The van der Waals surface area contributed by atoms with Crippen molar-refractivity contribution in [2.24, 2.45) is 0 Å². The van der Waals surface area contributed by atoms with Crippen LogP contribution in [0.15, 0.2) is 53.4 Å². The first-order valence-electron chi connectivity index (χ1n) is 8.15. The van der Waals surface area contributed by atoms with Gasteiger partial charge in [0, 0.05) is 30.6 Å². The van der Waals surface area contributed by atoms with Crippen LogP contribution in [0, 0.1) is 0 Å². The number of rotatable bonds is 6. The molecular formula is C18H18F2N2O4S. The van der Waals surface area contributed by atoms with E-state index in [2.05, 4.69) is 4.74 Å². The molecule has 1 saturated heterocycles. The molecule has 144 valence electrons. The number of para-hydroxylation sites is 1. The Morgan fingerprint density at radius 3 is 2.56 bits per heavy atom. The second-order valence-corrected chi connectivity index (χ2v) is 8.13. The Morgan fingerprint density at radius 2 is 1.85 bits per heavy atom. The van der Waals surface area contributed by atoms with Gasteiger partial charge in [0.25, 0.3) is 0 Å². The van der Waals surface area contributed by atoms with Crippen LogP contribution in [0.4, 0.5) is 19.3 Å². The van der Waals surface area contributed by atoms with Crippen molar-refractivity contribution >= 4 is 21.6 Å². The van der Waals surface area contributed by atoms with Crippen LogP contribution in [0.5, 0.6) is 5.75 Å². The number of benzene rings is 2. The predicted molar refractivity (Wildman–Crippen MR) is 95.8 cm³/mol. The minimum atomic E-state index is -3.39. The zero-order valence-corrected chi connectivity index (χ0v) is 15.3. The first kappa shape index (κ1) is 19.1.